The lowest BCUT2D eigenvalue weighted by molar-refractivity contribution is -0.150. The predicted molar refractivity (Wildman–Crippen MR) is 193 cm³/mol. The van der Waals surface area contributed by atoms with Crippen LogP contribution in [-0.4, -0.2) is 53.6 Å². The van der Waals surface area contributed by atoms with Gasteiger partial charge in [-0.15, -0.1) is 0 Å². The van der Waals surface area contributed by atoms with E-state index in [9.17, 15) is 14.4 Å². The fourth-order valence-electron chi connectivity index (χ4n) is 5.27. The Labute approximate surface area is 282 Å². The van der Waals surface area contributed by atoms with Crippen molar-refractivity contribution < 1.29 is 23.9 Å². The molecule has 0 aromatic carbocycles. The number of thioether (sulfide) groups is 1. The molecule has 0 fully saturated rings. The van der Waals surface area contributed by atoms with Crippen LogP contribution < -0.4 is 0 Å². The summed E-state index contributed by atoms with van der Waals surface area (Å²) in [5.41, 5.74) is 0. The molecular weight excluding hydrogens is 582 g/mol. The first-order valence-electron chi connectivity index (χ1n) is 18.9. The fourth-order valence-corrected chi connectivity index (χ4v) is 6.01. The van der Waals surface area contributed by atoms with Gasteiger partial charge in [-0.05, 0) is 70.6 Å². The van der Waals surface area contributed by atoms with Crippen LogP contribution in [0.1, 0.15) is 182 Å². The van der Waals surface area contributed by atoms with E-state index in [0.29, 0.717) is 26.0 Å². The second-order valence-electron chi connectivity index (χ2n) is 12.5. The highest BCUT2D eigenvalue weighted by atomic mass is 32.2. The Balaban J connectivity index is 4.32. The van der Waals surface area contributed by atoms with Crippen molar-refractivity contribution in [3.63, 3.8) is 0 Å². The molecule has 0 heterocycles. The van der Waals surface area contributed by atoms with Gasteiger partial charge in [-0.25, -0.2) is 0 Å². The van der Waals surface area contributed by atoms with Gasteiger partial charge in [0.2, 0.25) is 0 Å². The Morgan fingerprint density at radius 1 is 0.600 bits per heavy atom. The van der Waals surface area contributed by atoms with E-state index >= 15 is 0 Å². The van der Waals surface area contributed by atoms with Gasteiger partial charge in [-0.2, -0.15) is 0 Å². The van der Waals surface area contributed by atoms with Crippen molar-refractivity contribution in [2.24, 2.45) is 0 Å². The predicted octanol–water partition coefficient (Wildman–Crippen LogP) is 11.6. The molecule has 0 saturated carbocycles. The molecule has 0 N–H and O–H groups in total. The summed E-state index contributed by atoms with van der Waals surface area (Å²) in [4.78, 5) is 39.4. The van der Waals surface area contributed by atoms with Gasteiger partial charge in [0.25, 0.3) is 5.24 Å². The number of hydrogen-bond acceptors (Lipinski definition) is 6. The van der Waals surface area contributed by atoms with E-state index in [1.807, 2.05) is 11.0 Å². The van der Waals surface area contributed by atoms with Crippen molar-refractivity contribution in [2.45, 2.75) is 188 Å². The average Bonchev–Trinajstić information content (AvgIpc) is 3.03. The summed E-state index contributed by atoms with van der Waals surface area (Å²) in [5, 5.41) is 0.145. The standard InChI is InChI=1S/C38H71NO5S/c1-5-9-12-15-16-17-26-33-43-36(40)29-22-18-24-31-39(38(42)45-34-8-4)32-25-19-23-30-37(41)44-35(27-20-13-10-6-2)28-21-14-11-7-3/h17,26,35H,5-16,18-25,27-34H2,1-4H3/b26-17-. The van der Waals surface area contributed by atoms with Crippen LogP contribution in [0, 0.1) is 0 Å². The van der Waals surface area contributed by atoms with Gasteiger partial charge in [0, 0.05) is 31.7 Å². The van der Waals surface area contributed by atoms with Gasteiger partial charge in [0.05, 0.1) is 0 Å². The largest absolute Gasteiger partial charge is 0.462 e. The normalized spacial score (nSPS) is 11.4. The van der Waals surface area contributed by atoms with Crippen molar-refractivity contribution in [3.05, 3.63) is 12.2 Å². The van der Waals surface area contributed by atoms with Crippen LogP contribution in [0.15, 0.2) is 12.2 Å². The SMILES string of the molecule is CCCCCC/C=C\COC(=O)CCCCCN(CCCCCC(=O)OC(CCCCCC)CCCCCC)C(=O)SCCC. The van der Waals surface area contributed by atoms with Crippen LogP contribution in [0.25, 0.3) is 0 Å². The minimum Gasteiger partial charge on any atom is -0.462 e. The second kappa shape index (κ2) is 33.9. The van der Waals surface area contributed by atoms with E-state index in [4.69, 9.17) is 9.47 Å². The molecule has 264 valence electrons. The summed E-state index contributed by atoms with van der Waals surface area (Å²) in [6.07, 6.45) is 28.8. The Morgan fingerprint density at radius 2 is 1.13 bits per heavy atom. The molecule has 0 aliphatic heterocycles. The van der Waals surface area contributed by atoms with E-state index < -0.39 is 0 Å². The zero-order valence-corrected chi connectivity index (χ0v) is 30.7. The van der Waals surface area contributed by atoms with E-state index in [-0.39, 0.29) is 23.3 Å². The lowest BCUT2D eigenvalue weighted by Crippen LogP contribution is -2.30. The summed E-state index contributed by atoms with van der Waals surface area (Å²) in [6.45, 7) is 10.5. The first-order chi connectivity index (χ1) is 22.0. The van der Waals surface area contributed by atoms with Crippen LogP contribution in [0.5, 0.6) is 0 Å². The highest BCUT2D eigenvalue weighted by molar-refractivity contribution is 8.13. The number of nitrogens with zero attached hydrogens (tertiary/aromatic N) is 1. The van der Waals surface area contributed by atoms with Gasteiger partial charge in [0.1, 0.15) is 12.7 Å². The smallest absolute Gasteiger partial charge is 0.306 e. The zero-order valence-electron chi connectivity index (χ0n) is 29.9. The van der Waals surface area contributed by atoms with E-state index in [1.165, 1.54) is 76.0 Å². The van der Waals surface area contributed by atoms with Crippen LogP contribution in [0.4, 0.5) is 4.79 Å². The van der Waals surface area contributed by atoms with Gasteiger partial charge in [-0.3, -0.25) is 14.4 Å². The summed E-state index contributed by atoms with van der Waals surface area (Å²) >= 11 is 1.40. The monoisotopic (exact) mass is 654 g/mol. The third kappa shape index (κ3) is 29.6. The molecule has 0 radical (unpaired) electrons. The Bertz CT molecular complexity index is 717. The maximum Gasteiger partial charge on any atom is 0.306 e. The number of allylic oxidation sites excluding steroid dienone is 1. The quantitative estimate of drug-likeness (QED) is 0.0409. The molecule has 0 aliphatic carbocycles. The van der Waals surface area contributed by atoms with Crippen molar-refractivity contribution in [1.29, 1.82) is 0 Å². The number of ether oxygens (including phenoxy) is 2. The fraction of sp³-hybridized carbons (Fsp3) is 0.868. The zero-order chi connectivity index (χ0) is 33.2. The number of carbonyl (C=O) groups is 3. The molecule has 6 nitrogen and oxygen atoms in total. The lowest BCUT2D eigenvalue weighted by Gasteiger charge is -2.22. The van der Waals surface area contributed by atoms with Gasteiger partial charge in [-0.1, -0.05) is 122 Å². The molecule has 0 aliphatic rings. The molecular formula is C38H71NO5S. The van der Waals surface area contributed by atoms with Crippen molar-refractivity contribution in [1.82, 2.24) is 4.90 Å². The first kappa shape index (κ1) is 43.5. The minimum atomic E-state index is -0.144. The van der Waals surface area contributed by atoms with E-state index in [2.05, 4.69) is 33.8 Å². The molecule has 0 atom stereocenters. The Kier molecular flexibility index (Phi) is 32.7. The second-order valence-corrected chi connectivity index (χ2v) is 13.6. The molecule has 0 rings (SSSR count). The molecule has 0 saturated heterocycles. The maximum absolute atomic E-state index is 12.8. The van der Waals surface area contributed by atoms with Crippen LogP contribution in [-0.2, 0) is 19.1 Å². The van der Waals surface area contributed by atoms with Crippen molar-refractivity contribution >= 4 is 28.9 Å². The molecule has 0 aromatic rings. The van der Waals surface area contributed by atoms with Crippen LogP contribution in [0.2, 0.25) is 0 Å². The number of amides is 1. The first-order valence-corrected chi connectivity index (χ1v) is 19.9. The summed E-state index contributed by atoms with van der Waals surface area (Å²) in [6, 6.07) is 0. The minimum absolute atomic E-state index is 0.0608. The van der Waals surface area contributed by atoms with Gasteiger partial charge >= 0.3 is 11.9 Å². The highest BCUT2D eigenvalue weighted by Crippen LogP contribution is 2.18. The number of unbranched alkanes of at least 4 members (excludes halogenated alkanes) is 14. The van der Waals surface area contributed by atoms with Gasteiger partial charge < -0.3 is 14.4 Å². The molecule has 0 spiro atoms. The number of hydrogen-bond donors (Lipinski definition) is 0. The molecule has 0 aromatic heterocycles. The molecule has 45 heavy (non-hydrogen) atoms. The van der Waals surface area contributed by atoms with Crippen LogP contribution in [0.3, 0.4) is 0 Å². The van der Waals surface area contributed by atoms with Crippen molar-refractivity contribution in [3.8, 4) is 0 Å². The third-order valence-corrected chi connectivity index (χ3v) is 9.21. The lowest BCUT2D eigenvalue weighted by atomic mass is 10.0. The van der Waals surface area contributed by atoms with E-state index in [1.54, 1.807) is 0 Å². The average molecular weight is 654 g/mol. The molecule has 1 amide bonds. The molecule has 0 unspecified atom stereocenters. The van der Waals surface area contributed by atoms with E-state index in [0.717, 1.165) is 89.3 Å². The molecule has 0 bridgehead atoms. The van der Waals surface area contributed by atoms with Crippen molar-refractivity contribution in [2.75, 3.05) is 25.4 Å². The number of rotatable bonds is 32. The summed E-state index contributed by atoms with van der Waals surface area (Å²) in [7, 11) is 0. The summed E-state index contributed by atoms with van der Waals surface area (Å²) < 4.78 is 11.2. The van der Waals surface area contributed by atoms with Gasteiger partial charge in [0.15, 0.2) is 0 Å². The number of carbonyl (C=O) groups excluding carboxylic acids is 3. The van der Waals surface area contributed by atoms with Crippen LogP contribution >= 0.6 is 11.8 Å². The maximum atomic E-state index is 12.8. The summed E-state index contributed by atoms with van der Waals surface area (Å²) in [5.74, 6) is 0.627. The third-order valence-electron chi connectivity index (χ3n) is 8.09. The Morgan fingerprint density at radius 3 is 1.69 bits per heavy atom. The topological polar surface area (TPSA) is 72.9 Å². The molecule has 7 heteroatoms. The Hall–Kier alpha value is -1.50. The number of esters is 2. The highest BCUT2D eigenvalue weighted by Gasteiger charge is 2.16.